The van der Waals surface area contributed by atoms with Gasteiger partial charge in [0.15, 0.2) is 23.0 Å². The molecule has 5 rings (SSSR count). The Morgan fingerprint density at radius 3 is 2.41 bits per heavy atom. The molecule has 0 saturated heterocycles. The molecule has 3 aliphatic rings. The summed E-state index contributed by atoms with van der Waals surface area (Å²) in [5.41, 5.74) is 2.19. The first-order valence-electron chi connectivity index (χ1n) is 8.73. The molecular formula is C20H17NO6. The summed E-state index contributed by atoms with van der Waals surface area (Å²) in [5.74, 6) is 1.14. The van der Waals surface area contributed by atoms with Crippen LogP contribution in [0.1, 0.15) is 31.8 Å². The summed E-state index contributed by atoms with van der Waals surface area (Å²) < 4.78 is 21.8. The van der Waals surface area contributed by atoms with Crippen LogP contribution >= 0.6 is 0 Å². The van der Waals surface area contributed by atoms with Gasteiger partial charge in [0, 0.05) is 29.8 Å². The van der Waals surface area contributed by atoms with Gasteiger partial charge in [-0.25, -0.2) is 0 Å². The highest BCUT2D eigenvalue weighted by molar-refractivity contribution is 6.50. The van der Waals surface area contributed by atoms with Gasteiger partial charge in [-0.15, -0.1) is 0 Å². The molecular weight excluding hydrogens is 350 g/mol. The Morgan fingerprint density at radius 1 is 0.852 bits per heavy atom. The Balaban J connectivity index is 1.66. The molecule has 0 radical (unpaired) electrons. The molecule has 138 valence electrons. The van der Waals surface area contributed by atoms with E-state index in [9.17, 15) is 9.59 Å². The first kappa shape index (κ1) is 16.1. The first-order valence-corrected chi connectivity index (χ1v) is 8.73. The van der Waals surface area contributed by atoms with Crippen molar-refractivity contribution in [2.24, 2.45) is 0 Å². The van der Waals surface area contributed by atoms with E-state index < -0.39 is 11.6 Å². The zero-order valence-electron chi connectivity index (χ0n) is 14.7. The number of benzene rings is 2. The van der Waals surface area contributed by atoms with Gasteiger partial charge in [0.25, 0.3) is 0 Å². The Labute approximate surface area is 155 Å². The fourth-order valence-electron chi connectivity index (χ4n) is 3.71. The van der Waals surface area contributed by atoms with E-state index in [1.54, 1.807) is 24.3 Å². The quantitative estimate of drug-likeness (QED) is 0.661. The number of hydrogen-bond donors (Lipinski definition) is 0. The molecule has 3 heterocycles. The van der Waals surface area contributed by atoms with Crippen LogP contribution in [-0.4, -0.2) is 43.6 Å². The number of Topliss-reactive ketones (excluding diaryl/α,β-unsaturated/α-hetero) is 2. The van der Waals surface area contributed by atoms with Gasteiger partial charge in [0.1, 0.15) is 0 Å². The number of nitrogens with zero attached hydrogens (tertiary/aromatic N) is 1. The van der Waals surface area contributed by atoms with E-state index in [1.165, 1.54) is 0 Å². The third-order valence-electron chi connectivity index (χ3n) is 5.13. The molecule has 2 aromatic carbocycles. The Morgan fingerprint density at radius 2 is 1.56 bits per heavy atom. The average Bonchev–Trinajstić information content (AvgIpc) is 3.32. The van der Waals surface area contributed by atoms with Crippen LogP contribution in [0.5, 0.6) is 23.0 Å². The molecule has 0 N–H and O–H groups in total. The van der Waals surface area contributed by atoms with Crippen LogP contribution < -0.4 is 18.9 Å². The minimum Gasteiger partial charge on any atom is -0.454 e. The topological polar surface area (TPSA) is 74.3 Å². The largest absolute Gasteiger partial charge is 0.454 e. The lowest BCUT2D eigenvalue weighted by Crippen LogP contribution is -2.27. The van der Waals surface area contributed by atoms with Crippen molar-refractivity contribution in [3.63, 3.8) is 0 Å². The Kier molecular flexibility index (Phi) is 3.58. The van der Waals surface area contributed by atoms with E-state index in [4.69, 9.17) is 18.9 Å². The number of rotatable bonds is 0. The lowest BCUT2D eigenvalue weighted by atomic mass is 9.91. The summed E-state index contributed by atoms with van der Waals surface area (Å²) in [6, 6.07) is 6.74. The summed E-state index contributed by atoms with van der Waals surface area (Å²) in [6.07, 6.45) is 0.614. The smallest absolute Gasteiger partial charge is 0.234 e. The number of carbonyl (C=O) groups is 2. The summed E-state index contributed by atoms with van der Waals surface area (Å²) in [6.45, 7) is 1.43. The molecule has 0 fully saturated rings. The monoisotopic (exact) mass is 367 g/mol. The van der Waals surface area contributed by atoms with E-state index in [-0.39, 0.29) is 13.6 Å². The predicted octanol–water partition coefficient (Wildman–Crippen LogP) is 2.20. The summed E-state index contributed by atoms with van der Waals surface area (Å²) >= 11 is 0. The SMILES string of the molecule is CN1CCc2cc3c(cc2C(=O)C(=O)c2ccc4c(c2C1)OCO4)OCO3. The van der Waals surface area contributed by atoms with Gasteiger partial charge in [0.2, 0.25) is 25.2 Å². The zero-order chi connectivity index (χ0) is 18.5. The number of ketones is 2. The molecule has 0 unspecified atom stereocenters. The van der Waals surface area contributed by atoms with Crippen molar-refractivity contribution in [3.8, 4) is 23.0 Å². The molecule has 0 saturated carbocycles. The minimum absolute atomic E-state index is 0.115. The molecule has 0 aromatic heterocycles. The Bertz CT molecular complexity index is 983. The maximum Gasteiger partial charge on any atom is 0.234 e. The second-order valence-electron chi connectivity index (χ2n) is 6.83. The van der Waals surface area contributed by atoms with Gasteiger partial charge in [-0.3, -0.25) is 9.59 Å². The predicted molar refractivity (Wildman–Crippen MR) is 93.8 cm³/mol. The number of ether oxygens (including phenoxy) is 4. The number of likely N-dealkylation sites (N-methyl/N-ethyl adjacent to an activating group) is 1. The van der Waals surface area contributed by atoms with Crippen molar-refractivity contribution in [2.75, 3.05) is 27.2 Å². The maximum atomic E-state index is 13.1. The second kappa shape index (κ2) is 5.99. The van der Waals surface area contributed by atoms with Gasteiger partial charge in [-0.1, -0.05) is 0 Å². The molecule has 0 aliphatic carbocycles. The highest BCUT2D eigenvalue weighted by Crippen LogP contribution is 2.40. The molecule has 7 heteroatoms. The van der Waals surface area contributed by atoms with E-state index in [1.807, 2.05) is 7.05 Å². The normalized spacial score (nSPS) is 18.3. The van der Waals surface area contributed by atoms with Crippen molar-refractivity contribution < 1.29 is 28.5 Å². The second-order valence-corrected chi connectivity index (χ2v) is 6.83. The van der Waals surface area contributed by atoms with E-state index >= 15 is 0 Å². The van der Waals surface area contributed by atoms with Gasteiger partial charge in [-0.2, -0.15) is 0 Å². The van der Waals surface area contributed by atoms with Gasteiger partial charge >= 0.3 is 0 Å². The summed E-state index contributed by atoms with van der Waals surface area (Å²) in [5, 5.41) is 0. The fraction of sp³-hybridized carbons (Fsp3) is 0.300. The summed E-state index contributed by atoms with van der Waals surface area (Å²) in [4.78, 5) is 28.2. The van der Waals surface area contributed by atoms with Gasteiger partial charge in [-0.05, 0) is 43.3 Å². The Hall–Kier alpha value is -3.06. The average molecular weight is 367 g/mol. The van der Waals surface area contributed by atoms with Crippen LogP contribution in [0.4, 0.5) is 0 Å². The first-order chi connectivity index (χ1) is 13.1. The minimum atomic E-state index is -0.557. The standard InChI is InChI=1S/C20H17NO6/c1-21-5-4-11-6-16-17(26-9-25-16)7-13(11)19(23)18(22)12-2-3-15-20(14(12)8-21)27-10-24-15/h2-3,6-7H,4-5,8-10H2,1H3. The molecule has 0 spiro atoms. The van der Waals surface area contributed by atoms with Crippen LogP contribution in [0.25, 0.3) is 0 Å². The van der Waals surface area contributed by atoms with Crippen molar-refractivity contribution in [1.82, 2.24) is 4.90 Å². The third kappa shape index (κ3) is 2.54. The van der Waals surface area contributed by atoms with Crippen molar-refractivity contribution in [1.29, 1.82) is 0 Å². The van der Waals surface area contributed by atoms with Gasteiger partial charge < -0.3 is 23.8 Å². The van der Waals surface area contributed by atoms with Crippen molar-refractivity contribution >= 4 is 11.6 Å². The van der Waals surface area contributed by atoms with E-state index in [0.717, 1.165) is 5.56 Å². The highest BCUT2D eigenvalue weighted by atomic mass is 16.7. The van der Waals surface area contributed by atoms with Crippen LogP contribution in [0.15, 0.2) is 24.3 Å². The molecule has 0 amide bonds. The molecule has 0 bridgehead atoms. The summed E-state index contributed by atoms with van der Waals surface area (Å²) in [7, 11) is 1.97. The number of carbonyl (C=O) groups excluding carboxylic acids is 2. The van der Waals surface area contributed by atoms with Crippen LogP contribution in [0.3, 0.4) is 0 Å². The van der Waals surface area contributed by atoms with Crippen LogP contribution in [0, 0.1) is 0 Å². The molecule has 3 aliphatic heterocycles. The fourth-order valence-corrected chi connectivity index (χ4v) is 3.71. The maximum absolute atomic E-state index is 13.1. The lowest BCUT2D eigenvalue weighted by Gasteiger charge is -2.22. The van der Waals surface area contributed by atoms with Crippen molar-refractivity contribution in [2.45, 2.75) is 13.0 Å². The molecule has 7 nitrogen and oxygen atoms in total. The third-order valence-corrected chi connectivity index (χ3v) is 5.13. The number of hydrogen-bond acceptors (Lipinski definition) is 7. The van der Waals surface area contributed by atoms with E-state index in [2.05, 4.69) is 4.90 Å². The van der Waals surface area contributed by atoms with E-state index in [0.29, 0.717) is 59.2 Å². The molecule has 2 aromatic rings. The van der Waals surface area contributed by atoms with Crippen LogP contribution in [-0.2, 0) is 13.0 Å². The molecule has 27 heavy (non-hydrogen) atoms. The van der Waals surface area contributed by atoms with Gasteiger partial charge in [0.05, 0.1) is 0 Å². The van der Waals surface area contributed by atoms with Crippen LogP contribution in [0.2, 0.25) is 0 Å². The van der Waals surface area contributed by atoms with Crippen molar-refractivity contribution in [3.05, 3.63) is 46.5 Å². The lowest BCUT2D eigenvalue weighted by molar-refractivity contribution is 0.0814. The molecule has 0 atom stereocenters. The number of fused-ring (bicyclic) bond motifs is 5. The zero-order valence-corrected chi connectivity index (χ0v) is 14.7. The highest BCUT2D eigenvalue weighted by Gasteiger charge is 2.31.